The largest absolute Gasteiger partial charge is 0.492 e. The summed E-state index contributed by atoms with van der Waals surface area (Å²) in [5, 5.41) is 8.65. The van der Waals surface area contributed by atoms with Crippen molar-refractivity contribution in [2.24, 2.45) is 0 Å². The Morgan fingerprint density at radius 2 is 1.76 bits per heavy atom. The van der Waals surface area contributed by atoms with Crippen molar-refractivity contribution in [1.82, 2.24) is 15.3 Å². The Kier molecular flexibility index (Phi) is 8.02. The third-order valence-corrected chi connectivity index (χ3v) is 4.26. The predicted octanol–water partition coefficient (Wildman–Crippen LogP) is 4.75. The van der Waals surface area contributed by atoms with Crippen molar-refractivity contribution < 1.29 is 19.1 Å². The van der Waals surface area contributed by atoms with Gasteiger partial charge in [0.1, 0.15) is 23.8 Å². The standard InChI is InChI=1S/C25H29N5O4/c1-17(31)28-19-8-5-7-18(13-19)22-15-26-16-23(30-22)29-20-9-6-10-21(14-20)33-12-11-27-24(32)34-25(2,3)4/h5-10,13-16H,11-12H2,1-4H3,(H,27,32)(H,28,31)(H,29,30). The molecule has 3 N–H and O–H groups in total. The number of aromatic nitrogens is 2. The summed E-state index contributed by atoms with van der Waals surface area (Å²) in [7, 11) is 0. The minimum absolute atomic E-state index is 0.138. The lowest BCUT2D eigenvalue weighted by atomic mass is 10.1. The van der Waals surface area contributed by atoms with Crippen LogP contribution < -0.4 is 20.7 Å². The molecule has 0 saturated carbocycles. The molecule has 9 nitrogen and oxygen atoms in total. The monoisotopic (exact) mass is 463 g/mol. The second kappa shape index (κ2) is 11.1. The van der Waals surface area contributed by atoms with Crippen LogP contribution in [0.4, 0.5) is 22.0 Å². The van der Waals surface area contributed by atoms with Gasteiger partial charge < -0.3 is 25.4 Å². The average molecular weight is 464 g/mol. The maximum atomic E-state index is 11.7. The number of benzene rings is 2. The van der Waals surface area contributed by atoms with Gasteiger partial charge in [0.05, 0.1) is 24.6 Å². The van der Waals surface area contributed by atoms with Crippen LogP contribution in [-0.4, -0.2) is 40.7 Å². The number of rotatable bonds is 8. The molecule has 0 bridgehead atoms. The zero-order chi connectivity index (χ0) is 24.6. The summed E-state index contributed by atoms with van der Waals surface area (Å²) in [6.07, 6.45) is 2.81. The topological polar surface area (TPSA) is 114 Å². The second-order valence-corrected chi connectivity index (χ2v) is 8.48. The van der Waals surface area contributed by atoms with E-state index in [1.807, 2.05) is 69.3 Å². The van der Waals surface area contributed by atoms with E-state index in [1.165, 1.54) is 6.92 Å². The lowest BCUT2D eigenvalue weighted by Gasteiger charge is -2.19. The third kappa shape index (κ3) is 8.09. The number of nitrogens with one attached hydrogen (secondary N) is 3. The molecule has 34 heavy (non-hydrogen) atoms. The van der Waals surface area contributed by atoms with E-state index in [-0.39, 0.29) is 5.91 Å². The van der Waals surface area contributed by atoms with Gasteiger partial charge in [-0.1, -0.05) is 18.2 Å². The van der Waals surface area contributed by atoms with Crippen molar-refractivity contribution in [2.45, 2.75) is 33.3 Å². The van der Waals surface area contributed by atoms with Gasteiger partial charge in [-0.05, 0) is 45.0 Å². The van der Waals surface area contributed by atoms with Crippen molar-refractivity contribution in [3.63, 3.8) is 0 Å². The first kappa shape index (κ1) is 24.5. The molecule has 0 fully saturated rings. The first-order chi connectivity index (χ1) is 16.2. The van der Waals surface area contributed by atoms with Crippen LogP contribution in [0.2, 0.25) is 0 Å². The zero-order valence-electron chi connectivity index (χ0n) is 19.7. The molecular formula is C25H29N5O4. The molecule has 0 radical (unpaired) electrons. The summed E-state index contributed by atoms with van der Waals surface area (Å²) >= 11 is 0. The van der Waals surface area contributed by atoms with Gasteiger partial charge in [0, 0.05) is 29.9 Å². The molecule has 0 unspecified atom stereocenters. The van der Waals surface area contributed by atoms with Crippen LogP contribution in [0, 0.1) is 0 Å². The fourth-order valence-corrected chi connectivity index (χ4v) is 2.97. The van der Waals surface area contributed by atoms with E-state index in [4.69, 9.17) is 9.47 Å². The highest BCUT2D eigenvalue weighted by molar-refractivity contribution is 5.89. The zero-order valence-corrected chi connectivity index (χ0v) is 19.7. The maximum Gasteiger partial charge on any atom is 0.407 e. The number of carbonyl (C=O) groups excluding carboxylic acids is 2. The van der Waals surface area contributed by atoms with Crippen LogP contribution in [-0.2, 0) is 9.53 Å². The Labute approximate surface area is 198 Å². The van der Waals surface area contributed by atoms with Crippen molar-refractivity contribution >= 4 is 29.2 Å². The van der Waals surface area contributed by atoms with Crippen molar-refractivity contribution in [3.05, 3.63) is 60.9 Å². The van der Waals surface area contributed by atoms with Crippen LogP contribution in [0.3, 0.4) is 0 Å². The van der Waals surface area contributed by atoms with Gasteiger partial charge in [0.15, 0.2) is 0 Å². The molecule has 0 spiro atoms. The van der Waals surface area contributed by atoms with E-state index in [9.17, 15) is 9.59 Å². The van der Waals surface area contributed by atoms with Crippen LogP contribution in [0.1, 0.15) is 27.7 Å². The van der Waals surface area contributed by atoms with Gasteiger partial charge in [-0.25, -0.2) is 9.78 Å². The normalized spacial score (nSPS) is 10.8. The summed E-state index contributed by atoms with van der Waals surface area (Å²) in [5.74, 6) is 1.07. The molecule has 2 aromatic carbocycles. The number of ether oxygens (including phenoxy) is 2. The van der Waals surface area contributed by atoms with Gasteiger partial charge in [0.25, 0.3) is 0 Å². The number of hydrogen-bond donors (Lipinski definition) is 3. The van der Waals surface area contributed by atoms with E-state index in [2.05, 4.69) is 25.9 Å². The third-order valence-electron chi connectivity index (χ3n) is 4.26. The molecule has 0 saturated heterocycles. The smallest absolute Gasteiger partial charge is 0.407 e. The molecule has 3 aromatic rings. The van der Waals surface area contributed by atoms with E-state index in [0.717, 1.165) is 11.3 Å². The molecule has 1 aromatic heterocycles. The number of hydrogen-bond acceptors (Lipinski definition) is 7. The fraction of sp³-hybridized carbons (Fsp3) is 0.280. The minimum Gasteiger partial charge on any atom is -0.492 e. The van der Waals surface area contributed by atoms with Crippen LogP contribution >= 0.6 is 0 Å². The minimum atomic E-state index is -0.542. The highest BCUT2D eigenvalue weighted by Gasteiger charge is 2.15. The van der Waals surface area contributed by atoms with E-state index >= 15 is 0 Å². The maximum absolute atomic E-state index is 11.7. The summed E-state index contributed by atoms with van der Waals surface area (Å²) in [6, 6.07) is 14.8. The first-order valence-electron chi connectivity index (χ1n) is 10.8. The molecule has 0 aliphatic carbocycles. The quantitative estimate of drug-likeness (QED) is 0.413. The molecule has 0 atom stereocenters. The summed E-state index contributed by atoms with van der Waals surface area (Å²) in [5.41, 5.74) is 2.42. The van der Waals surface area contributed by atoms with Crippen LogP contribution in [0.15, 0.2) is 60.9 Å². The number of carbonyl (C=O) groups is 2. The van der Waals surface area contributed by atoms with Crippen molar-refractivity contribution in [3.8, 4) is 17.0 Å². The lowest BCUT2D eigenvalue weighted by Crippen LogP contribution is -2.34. The van der Waals surface area contributed by atoms with Gasteiger partial charge in [-0.2, -0.15) is 0 Å². The van der Waals surface area contributed by atoms with Gasteiger partial charge in [0.2, 0.25) is 5.91 Å². The molecule has 1 heterocycles. The number of alkyl carbamates (subject to hydrolysis) is 1. The summed E-state index contributed by atoms with van der Waals surface area (Å²) < 4.78 is 10.9. The second-order valence-electron chi connectivity index (χ2n) is 8.48. The summed E-state index contributed by atoms with van der Waals surface area (Å²) in [6.45, 7) is 7.51. The SMILES string of the molecule is CC(=O)Nc1cccc(-c2cncc(Nc3cccc(OCCNC(=O)OC(C)(C)C)c3)n2)c1. The molecule has 9 heteroatoms. The average Bonchev–Trinajstić information content (AvgIpc) is 2.76. The van der Waals surface area contributed by atoms with Gasteiger partial charge in [-0.3, -0.25) is 9.78 Å². The molecule has 2 amide bonds. The van der Waals surface area contributed by atoms with E-state index < -0.39 is 11.7 Å². The van der Waals surface area contributed by atoms with Gasteiger partial charge >= 0.3 is 6.09 Å². The molecule has 0 aliphatic rings. The number of amides is 2. The summed E-state index contributed by atoms with van der Waals surface area (Å²) in [4.78, 5) is 31.9. The number of nitrogens with zero attached hydrogens (tertiary/aromatic N) is 2. The van der Waals surface area contributed by atoms with Gasteiger partial charge in [-0.15, -0.1) is 0 Å². The van der Waals surface area contributed by atoms with E-state index in [0.29, 0.717) is 36.1 Å². The Morgan fingerprint density at radius 3 is 2.53 bits per heavy atom. The molecule has 0 aliphatic heterocycles. The van der Waals surface area contributed by atoms with Crippen molar-refractivity contribution in [1.29, 1.82) is 0 Å². The van der Waals surface area contributed by atoms with Crippen LogP contribution in [0.25, 0.3) is 11.3 Å². The van der Waals surface area contributed by atoms with Crippen molar-refractivity contribution in [2.75, 3.05) is 23.8 Å². The lowest BCUT2D eigenvalue weighted by molar-refractivity contribution is -0.114. The molecule has 178 valence electrons. The van der Waals surface area contributed by atoms with E-state index in [1.54, 1.807) is 12.4 Å². The first-order valence-corrected chi connectivity index (χ1v) is 10.8. The van der Waals surface area contributed by atoms with Crippen LogP contribution in [0.5, 0.6) is 5.75 Å². The molecular weight excluding hydrogens is 434 g/mol. The highest BCUT2D eigenvalue weighted by Crippen LogP contribution is 2.24. The Bertz CT molecular complexity index is 1140. The Morgan fingerprint density at radius 1 is 1.00 bits per heavy atom. The predicted molar refractivity (Wildman–Crippen MR) is 131 cm³/mol. The Hall–Kier alpha value is -4.14. The Balaban J connectivity index is 1.59. The highest BCUT2D eigenvalue weighted by atomic mass is 16.6. The fourth-order valence-electron chi connectivity index (χ4n) is 2.97. The molecule has 3 rings (SSSR count). The number of anilines is 3.